The Labute approximate surface area is 188 Å². The number of thiophene rings is 1. The molecule has 2 aliphatic heterocycles. The third kappa shape index (κ3) is 6.29. The summed E-state index contributed by atoms with van der Waals surface area (Å²) in [6.45, 7) is 7.02. The average Bonchev–Trinajstić information content (AvgIpc) is 3.43. The number of thioether (sulfide) groups is 6. The quantitative estimate of drug-likeness (QED) is 0.353. The predicted octanol–water partition coefficient (Wildman–Crippen LogP) is 7.28. The van der Waals surface area contributed by atoms with Gasteiger partial charge in [-0.05, 0) is 35.1 Å². The lowest BCUT2D eigenvalue weighted by atomic mass is 10.4. The van der Waals surface area contributed by atoms with Crippen molar-refractivity contribution in [2.75, 3.05) is 11.5 Å². The summed E-state index contributed by atoms with van der Waals surface area (Å²) < 4.78 is 0.755. The molecule has 1 aromatic rings. The van der Waals surface area contributed by atoms with Crippen LogP contribution in [0.25, 0.3) is 0 Å². The minimum absolute atomic E-state index is 0.0231. The van der Waals surface area contributed by atoms with Crippen LogP contribution in [0.1, 0.15) is 18.9 Å². The van der Waals surface area contributed by atoms with Gasteiger partial charge in [0.15, 0.2) is 0 Å². The third-order valence-electron chi connectivity index (χ3n) is 3.32. The molecule has 0 radical (unpaired) electrons. The number of rotatable bonds is 8. The maximum Gasteiger partial charge on any atom is 0.211 e. The maximum atomic E-state index is 11.4. The molecule has 3 heterocycles. The van der Waals surface area contributed by atoms with Crippen molar-refractivity contribution < 1.29 is 9.59 Å². The second kappa shape index (κ2) is 10.8. The van der Waals surface area contributed by atoms with E-state index in [2.05, 4.69) is 36.1 Å². The van der Waals surface area contributed by atoms with Gasteiger partial charge in [-0.25, -0.2) is 0 Å². The summed E-state index contributed by atoms with van der Waals surface area (Å²) in [4.78, 5) is 27.9. The van der Waals surface area contributed by atoms with Gasteiger partial charge in [0.05, 0.1) is 9.16 Å². The van der Waals surface area contributed by atoms with Crippen molar-refractivity contribution >= 4 is 92.1 Å². The van der Waals surface area contributed by atoms with E-state index in [0.29, 0.717) is 9.16 Å². The van der Waals surface area contributed by atoms with Crippen molar-refractivity contribution in [3.05, 3.63) is 67.8 Å². The summed E-state index contributed by atoms with van der Waals surface area (Å²) in [5, 5.41) is 4.39. The number of carbonyl (C=O) groups is 2. The van der Waals surface area contributed by atoms with Crippen LogP contribution < -0.4 is 0 Å². The molecule has 0 fully saturated rings. The molecule has 2 nitrogen and oxygen atoms in total. The highest BCUT2D eigenvalue weighted by molar-refractivity contribution is 8.24. The second-order valence-electron chi connectivity index (χ2n) is 5.20. The highest BCUT2D eigenvalue weighted by Gasteiger charge is 2.26. The van der Waals surface area contributed by atoms with Crippen LogP contribution in [0.4, 0.5) is 0 Å². The normalized spacial score (nSPS) is 21.6. The summed E-state index contributed by atoms with van der Waals surface area (Å²) in [5.41, 5.74) is 0. The Morgan fingerprint density at radius 3 is 1.74 bits per heavy atom. The lowest BCUT2D eigenvalue weighted by Gasteiger charge is -2.08. The molecule has 0 aliphatic carbocycles. The molecule has 0 amide bonds. The fraction of sp³-hybridized carbons (Fsp3) is 0.222. The van der Waals surface area contributed by atoms with Gasteiger partial charge in [0.1, 0.15) is 0 Å². The summed E-state index contributed by atoms with van der Waals surface area (Å²) in [6, 6.07) is 4.44. The Bertz CT molecular complexity index is 744. The maximum absolute atomic E-state index is 11.4. The van der Waals surface area contributed by atoms with Gasteiger partial charge >= 0.3 is 0 Å². The van der Waals surface area contributed by atoms with Crippen molar-refractivity contribution in [1.82, 2.24) is 0 Å². The molecule has 0 bridgehead atoms. The topological polar surface area (TPSA) is 34.1 Å². The van der Waals surface area contributed by atoms with E-state index in [-0.39, 0.29) is 10.2 Å². The Morgan fingerprint density at radius 1 is 0.889 bits per heavy atom. The summed E-state index contributed by atoms with van der Waals surface area (Å²) in [6.07, 6.45) is 2.73. The first kappa shape index (κ1) is 21.8. The van der Waals surface area contributed by atoms with E-state index in [0.717, 1.165) is 11.5 Å². The Kier molecular flexibility index (Phi) is 8.68. The van der Waals surface area contributed by atoms with E-state index < -0.39 is 0 Å². The minimum atomic E-state index is 0.0231. The fourth-order valence-corrected chi connectivity index (χ4v) is 10.5. The molecule has 3 rings (SSSR count). The molecule has 0 N–H and O–H groups in total. The molecular weight excluding hydrogens is 473 g/mol. The van der Waals surface area contributed by atoms with Crippen LogP contribution in [0.2, 0.25) is 0 Å². The smallest absolute Gasteiger partial charge is 0.211 e. The average molecular weight is 489 g/mol. The molecule has 2 atom stereocenters. The molecule has 0 aromatic carbocycles. The molecule has 142 valence electrons. The van der Waals surface area contributed by atoms with Crippen LogP contribution in [0.15, 0.2) is 58.1 Å². The van der Waals surface area contributed by atoms with Crippen molar-refractivity contribution in [3.63, 3.8) is 0 Å². The Morgan fingerprint density at radius 2 is 1.33 bits per heavy atom. The zero-order valence-electron chi connectivity index (χ0n) is 14.1. The van der Waals surface area contributed by atoms with E-state index >= 15 is 0 Å². The Hall–Kier alpha value is 0.1000. The first-order valence-corrected chi connectivity index (χ1v) is 14.2. The van der Waals surface area contributed by atoms with Gasteiger partial charge < -0.3 is 0 Å². The van der Waals surface area contributed by atoms with E-state index in [1.54, 1.807) is 0 Å². The first-order chi connectivity index (χ1) is 13.1. The van der Waals surface area contributed by atoms with Gasteiger partial charge in [-0.3, -0.25) is 9.59 Å². The van der Waals surface area contributed by atoms with Crippen LogP contribution in [-0.4, -0.2) is 21.7 Å². The molecular formula is C18H16O2S7. The van der Waals surface area contributed by atoms with Gasteiger partial charge in [-0.2, -0.15) is 0 Å². The lowest BCUT2D eigenvalue weighted by Crippen LogP contribution is -1.88. The molecule has 9 heteroatoms. The van der Waals surface area contributed by atoms with Crippen LogP contribution in [0, 0.1) is 0 Å². The summed E-state index contributed by atoms with van der Waals surface area (Å²) in [5.74, 6) is 1.44. The zero-order chi connectivity index (χ0) is 19.2. The van der Waals surface area contributed by atoms with E-state index in [9.17, 15) is 9.59 Å². The third-order valence-corrected chi connectivity index (χ3v) is 12.8. The lowest BCUT2D eigenvalue weighted by molar-refractivity contribution is -0.107. The van der Waals surface area contributed by atoms with Crippen molar-refractivity contribution in [2.45, 2.75) is 9.16 Å². The van der Waals surface area contributed by atoms with Crippen LogP contribution >= 0.6 is 81.9 Å². The standard InChI is InChI=1S/C18H16O2S7/c1-3-15(19)21-7-11-9-23-17(25-11)13-5-6-14(27-13)18-24-10-12(26-18)8-22-16(20)4-2/h3-6,9-10,17-18H,1-2,7-8H2. The highest BCUT2D eigenvalue weighted by atomic mass is 32.2. The van der Waals surface area contributed by atoms with Crippen LogP contribution in [0.3, 0.4) is 0 Å². The number of hydrogen-bond acceptors (Lipinski definition) is 9. The van der Waals surface area contributed by atoms with Crippen LogP contribution in [-0.2, 0) is 9.59 Å². The van der Waals surface area contributed by atoms with E-state index in [4.69, 9.17) is 0 Å². The molecule has 0 saturated carbocycles. The Balaban J connectivity index is 1.49. The summed E-state index contributed by atoms with van der Waals surface area (Å²) >= 11 is 11.8. The number of hydrogen-bond donors (Lipinski definition) is 0. The second-order valence-corrected chi connectivity index (χ2v) is 13.3. The van der Waals surface area contributed by atoms with Crippen molar-refractivity contribution in [3.8, 4) is 0 Å². The van der Waals surface area contributed by atoms with Gasteiger partial charge in [0.25, 0.3) is 0 Å². The van der Waals surface area contributed by atoms with E-state index in [1.165, 1.54) is 55.2 Å². The molecule has 1 aromatic heterocycles. The van der Waals surface area contributed by atoms with Gasteiger partial charge in [0.2, 0.25) is 10.2 Å². The van der Waals surface area contributed by atoms with E-state index in [1.807, 2.05) is 58.4 Å². The SMILES string of the molecule is C=CC(=O)SCC1=CSC(c2ccc(C3SC=C(CSC(=O)C=C)S3)s2)S1. The van der Waals surface area contributed by atoms with Crippen molar-refractivity contribution in [2.24, 2.45) is 0 Å². The largest absolute Gasteiger partial charge is 0.282 e. The van der Waals surface area contributed by atoms with Crippen LogP contribution in [0.5, 0.6) is 0 Å². The predicted molar refractivity (Wildman–Crippen MR) is 132 cm³/mol. The highest BCUT2D eigenvalue weighted by Crippen LogP contribution is 2.57. The van der Waals surface area contributed by atoms with Gasteiger partial charge in [-0.1, -0.05) is 36.7 Å². The molecule has 27 heavy (non-hydrogen) atoms. The molecule has 0 saturated heterocycles. The molecule has 0 spiro atoms. The summed E-state index contributed by atoms with van der Waals surface area (Å²) in [7, 11) is 0. The van der Waals surface area contributed by atoms with Gasteiger partial charge in [-0.15, -0.1) is 58.4 Å². The fourth-order valence-electron chi connectivity index (χ4n) is 2.07. The van der Waals surface area contributed by atoms with Crippen molar-refractivity contribution in [1.29, 1.82) is 0 Å². The number of carbonyl (C=O) groups excluding carboxylic acids is 2. The zero-order valence-corrected chi connectivity index (χ0v) is 19.8. The minimum Gasteiger partial charge on any atom is -0.282 e. The first-order valence-electron chi connectivity index (χ1n) is 7.79. The van der Waals surface area contributed by atoms with Gasteiger partial charge in [0, 0.05) is 31.1 Å². The molecule has 2 aliphatic rings. The monoisotopic (exact) mass is 488 g/mol. The molecule has 2 unspecified atom stereocenters.